The number of hydrogen-bond acceptors (Lipinski definition) is 4. The van der Waals surface area contributed by atoms with Gasteiger partial charge in [0.25, 0.3) is 5.91 Å². The van der Waals surface area contributed by atoms with Crippen LogP contribution >= 0.6 is 0 Å². The molecule has 38 heavy (non-hydrogen) atoms. The molecule has 1 aromatic heterocycles. The minimum atomic E-state index is -0.0324. The second-order valence-electron chi connectivity index (χ2n) is 11.2. The molecule has 6 heteroatoms. The van der Waals surface area contributed by atoms with Crippen LogP contribution in [-0.4, -0.2) is 53.3 Å². The van der Waals surface area contributed by atoms with Crippen molar-refractivity contribution >= 4 is 16.8 Å². The van der Waals surface area contributed by atoms with E-state index in [2.05, 4.69) is 56.8 Å². The van der Waals surface area contributed by atoms with Crippen molar-refractivity contribution in [3.05, 3.63) is 89.5 Å². The lowest BCUT2D eigenvalue weighted by atomic mass is 9.88. The lowest BCUT2D eigenvalue weighted by Crippen LogP contribution is -2.51. The molecule has 2 N–H and O–H groups in total. The Balaban J connectivity index is 1.08. The van der Waals surface area contributed by atoms with Crippen molar-refractivity contribution < 1.29 is 9.53 Å². The number of likely N-dealkylation sites (tertiary alicyclic amines) is 1. The molecular weight excluding hydrogens is 472 g/mol. The Bertz CT molecular complexity index is 1420. The summed E-state index contributed by atoms with van der Waals surface area (Å²) in [5.41, 5.74) is 6.16. The zero-order valence-corrected chi connectivity index (χ0v) is 21.6. The number of carbonyl (C=O) groups excluding carboxylic acids is 1. The SMILES string of the molecule is O=C(NC(c1ccccc1)C1CC1)c1ccc2[nH]nc(-c3ccc(C4CCN(C5COC5)CC4)cc3)c2c1. The van der Waals surface area contributed by atoms with Crippen molar-refractivity contribution in [2.45, 2.75) is 43.7 Å². The van der Waals surface area contributed by atoms with Crippen molar-refractivity contribution in [2.24, 2.45) is 5.92 Å². The molecule has 1 unspecified atom stereocenters. The molecular formula is C32H34N4O2. The van der Waals surface area contributed by atoms with E-state index < -0.39 is 0 Å². The highest BCUT2D eigenvalue weighted by Gasteiger charge is 2.34. The maximum absolute atomic E-state index is 13.3. The fraction of sp³-hybridized carbons (Fsp3) is 0.375. The van der Waals surface area contributed by atoms with Crippen LogP contribution in [0.1, 0.15) is 59.1 Å². The molecule has 2 aliphatic heterocycles. The predicted molar refractivity (Wildman–Crippen MR) is 149 cm³/mol. The fourth-order valence-corrected chi connectivity index (χ4v) is 6.11. The van der Waals surface area contributed by atoms with Gasteiger partial charge in [0.1, 0.15) is 0 Å². The molecule has 4 aromatic rings. The zero-order valence-electron chi connectivity index (χ0n) is 21.6. The highest BCUT2D eigenvalue weighted by atomic mass is 16.5. The van der Waals surface area contributed by atoms with Crippen LogP contribution < -0.4 is 5.32 Å². The van der Waals surface area contributed by atoms with Gasteiger partial charge in [-0.2, -0.15) is 5.10 Å². The summed E-state index contributed by atoms with van der Waals surface area (Å²) in [6.07, 6.45) is 4.72. The summed E-state index contributed by atoms with van der Waals surface area (Å²) in [7, 11) is 0. The predicted octanol–water partition coefficient (Wildman–Crippen LogP) is 5.69. The van der Waals surface area contributed by atoms with Crippen LogP contribution in [0.15, 0.2) is 72.8 Å². The molecule has 1 atom stereocenters. The first kappa shape index (κ1) is 23.6. The number of nitrogens with one attached hydrogen (secondary N) is 2. The number of hydrogen-bond donors (Lipinski definition) is 2. The minimum Gasteiger partial charge on any atom is -0.378 e. The average molecular weight is 507 g/mol. The summed E-state index contributed by atoms with van der Waals surface area (Å²) >= 11 is 0. The van der Waals surface area contributed by atoms with Gasteiger partial charge in [0.15, 0.2) is 0 Å². The number of rotatable bonds is 7. The third kappa shape index (κ3) is 4.63. The summed E-state index contributed by atoms with van der Waals surface area (Å²) in [5, 5.41) is 12.1. The Hall–Kier alpha value is -3.48. The Kier molecular flexibility index (Phi) is 6.22. The molecule has 0 spiro atoms. The molecule has 3 aromatic carbocycles. The standard InChI is InChI=1S/C32H34N4O2/c37-32(33-30(24-10-11-24)23-4-2-1-3-5-23)26-12-13-29-28(18-26)31(35-34-29)25-8-6-21(7-9-25)22-14-16-36(17-15-22)27-19-38-20-27/h1-9,12-13,18,22,24,27,30H,10-11,14-17,19-20H2,(H,33,37)(H,34,35). The van der Waals surface area contributed by atoms with E-state index in [9.17, 15) is 4.79 Å². The largest absolute Gasteiger partial charge is 0.378 e. The van der Waals surface area contributed by atoms with E-state index in [0.717, 1.165) is 61.3 Å². The van der Waals surface area contributed by atoms with E-state index in [1.807, 2.05) is 36.4 Å². The molecule has 1 amide bonds. The number of benzene rings is 3. The smallest absolute Gasteiger partial charge is 0.251 e. The summed E-state index contributed by atoms with van der Waals surface area (Å²) in [5.74, 6) is 1.10. The molecule has 6 nitrogen and oxygen atoms in total. The van der Waals surface area contributed by atoms with Crippen molar-refractivity contribution in [3.8, 4) is 11.3 Å². The average Bonchev–Trinajstić information content (AvgIpc) is 3.70. The molecule has 7 rings (SSSR count). The topological polar surface area (TPSA) is 70.2 Å². The number of piperidine rings is 1. The van der Waals surface area contributed by atoms with Crippen LogP contribution in [-0.2, 0) is 4.74 Å². The summed E-state index contributed by atoms with van der Waals surface area (Å²) in [6.45, 7) is 4.10. The van der Waals surface area contributed by atoms with Gasteiger partial charge in [0.2, 0.25) is 0 Å². The highest BCUT2D eigenvalue weighted by molar-refractivity contribution is 6.01. The van der Waals surface area contributed by atoms with E-state index >= 15 is 0 Å². The number of nitrogens with zero attached hydrogens (tertiary/aromatic N) is 2. The van der Waals surface area contributed by atoms with Crippen molar-refractivity contribution in [3.63, 3.8) is 0 Å². The van der Waals surface area contributed by atoms with Crippen LogP contribution in [0.5, 0.6) is 0 Å². The van der Waals surface area contributed by atoms with E-state index in [0.29, 0.717) is 23.4 Å². The first-order valence-corrected chi connectivity index (χ1v) is 14.0. The van der Waals surface area contributed by atoms with Crippen LogP contribution in [0, 0.1) is 5.92 Å². The van der Waals surface area contributed by atoms with E-state index in [1.165, 1.54) is 24.0 Å². The lowest BCUT2D eigenvalue weighted by Gasteiger charge is -2.41. The molecule has 0 radical (unpaired) electrons. The number of fused-ring (bicyclic) bond motifs is 1. The summed E-state index contributed by atoms with van der Waals surface area (Å²) in [6, 6.07) is 25.7. The number of amides is 1. The summed E-state index contributed by atoms with van der Waals surface area (Å²) < 4.78 is 5.37. The minimum absolute atomic E-state index is 0.0324. The van der Waals surface area contributed by atoms with E-state index in [1.54, 1.807) is 0 Å². The van der Waals surface area contributed by atoms with Gasteiger partial charge < -0.3 is 10.1 Å². The normalized spacial score (nSPS) is 19.8. The fourth-order valence-electron chi connectivity index (χ4n) is 6.11. The number of ether oxygens (including phenoxy) is 1. The molecule has 3 fully saturated rings. The van der Waals surface area contributed by atoms with Crippen LogP contribution in [0.3, 0.4) is 0 Å². The second-order valence-corrected chi connectivity index (χ2v) is 11.2. The van der Waals surface area contributed by atoms with Gasteiger partial charge in [-0.1, -0.05) is 54.6 Å². The quantitative estimate of drug-likeness (QED) is 0.338. The first-order chi connectivity index (χ1) is 18.7. The second kappa shape index (κ2) is 10.0. The number of H-pyrrole nitrogens is 1. The number of carbonyl (C=O) groups is 1. The Morgan fingerprint density at radius 3 is 2.39 bits per heavy atom. The maximum Gasteiger partial charge on any atom is 0.251 e. The van der Waals surface area contributed by atoms with E-state index in [4.69, 9.17) is 4.74 Å². The number of aromatic nitrogens is 2. The van der Waals surface area contributed by atoms with Crippen LogP contribution in [0.2, 0.25) is 0 Å². The van der Waals surface area contributed by atoms with Crippen LogP contribution in [0.4, 0.5) is 0 Å². The molecule has 1 saturated carbocycles. The Labute approximate surface area is 223 Å². The molecule has 1 aliphatic carbocycles. The molecule has 3 aliphatic rings. The lowest BCUT2D eigenvalue weighted by molar-refractivity contribution is -0.0712. The molecule has 2 saturated heterocycles. The number of aromatic amines is 1. The maximum atomic E-state index is 13.3. The first-order valence-electron chi connectivity index (χ1n) is 14.0. The summed E-state index contributed by atoms with van der Waals surface area (Å²) in [4.78, 5) is 15.9. The van der Waals surface area contributed by atoms with Gasteiger partial charge in [0, 0.05) is 16.5 Å². The van der Waals surface area contributed by atoms with Crippen molar-refractivity contribution in [1.82, 2.24) is 20.4 Å². The Morgan fingerprint density at radius 1 is 0.947 bits per heavy atom. The van der Waals surface area contributed by atoms with Gasteiger partial charge in [-0.15, -0.1) is 0 Å². The van der Waals surface area contributed by atoms with E-state index in [-0.39, 0.29) is 11.9 Å². The van der Waals surface area contributed by atoms with Gasteiger partial charge in [-0.3, -0.25) is 14.8 Å². The third-order valence-electron chi connectivity index (χ3n) is 8.69. The molecule has 0 bridgehead atoms. The monoisotopic (exact) mass is 506 g/mol. The highest BCUT2D eigenvalue weighted by Crippen LogP contribution is 2.41. The molecule has 194 valence electrons. The van der Waals surface area contributed by atoms with Crippen molar-refractivity contribution in [2.75, 3.05) is 26.3 Å². The van der Waals surface area contributed by atoms with Gasteiger partial charge in [-0.25, -0.2) is 0 Å². The Morgan fingerprint density at radius 2 is 1.71 bits per heavy atom. The third-order valence-corrected chi connectivity index (χ3v) is 8.69. The van der Waals surface area contributed by atoms with Gasteiger partial charge in [-0.05, 0) is 79.9 Å². The van der Waals surface area contributed by atoms with Gasteiger partial charge in [0.05, 0.1) is 36.5 Å². The van der Waals surface area contributed by atoms with Crippen molar-refractivity contribution in [1.29, 1.82) is 0 Å². The molecule has 3 heterocycles. The zero-order chi connectivity index (χ0) is 25.5. The van der Waals surface area contributed by atoms with Crippen LogP contribution in [0.25, 0.3) is 22.2 Å². The van der Waals surface area contributed by atoms with Gasteiger partial charge >= 0.3 is 0 Å².